The monoisotopic (exact) mass is 457 g/mol. The Morgan fingerprint density at radius 3 is 2.59 bits per heavy atom. The maximum Gasteiger partial charge on any atom is 0.272 e. The lowest BCUT2D eigenvalue weighted by Crippen LogP contribution is -2.37. The molecule has 174 valence electrons. The highest BCUT2D eigenvalue weighted by atomic mass is 16.5. The number of H-pyrrole nitrogens is 1. The fourth-order valence-corrected chi connectivity index (χ4v) is 4.86. The third kappa shape index (κ3) is 4.19. The number of methoxy groups -OCH3 is 1. The number of rotatable bonds is 5. The van der Waals surface area contributed by atoms with Gasteiger partial charge in [-0.25, -0.2) is 5.10 Å². The van der Waals surface area contributed by atoms with E-state index in [-0.39, 0.29) is 23.4 Å². The van der Waals surface area contributed by atoms with Crippen molar-refractivity contribution in [3.8, 4) is 16.9 Å². The van der Waals surface area contributed by atoms with Gasteiger partial charge in [0.05, 0.1) is 24.4 Å². The molecule has 1 amide bonds. The molecule has 8 nitrogen and oxygen atoms in total. The van der Waals surface area contributed by atoms with Gasteiger partial charge in [0, 0.05) is 47.3 Å². The number of aromatic amines is 1. The Morgan fingerprint density at radius 2 is 1.88 bits per heavy atom. The molecule has 0 spiro atoms. The lowest BCUT2D eigenvalue weighted by Gasteiger charge is -2.29. The maximum absolute atomic E-state index is 13.0. The Hall–Kier alpha value is -3.94. The van der Waals surface area contributed by atoms with E-state index in [1.54, 1.807) is 24.1 Å². The molecule has 5 rings (SSSR count). The van der Waals surface area contributed by atoms with Crippen LogP contribution in [0.25, 0.3) is 21.9 Å². The summed E-state index contributed by atoms with van der Waals surface area (Å²) in [6, 6.07) is 13.2. The van der Waals surface area contributed by atoms with E-state index in [1.807, 2.05) is 49.6 Å². The Kier molecular flexibility index (Phi) is 5.88. The van der Waals surface area contributed by atoms with Crippen LogP contribution in [0.15, 0.2) is 59.7 Å². The van der Waals surface area contributed by atoms with Gasteiger partial charge in [0.1, 0.15) is 5.75 Å². The van der Waals surface area contributed by atoms with E-state index in [4.69, 9.17) is 4.74 Å². The van der Waals surface area contributed by atoms with Gasteiger partial charge in [-0.15, -0.1) is 0 Å². The van der Waals surface area contributed by atoms with Crippen LogP contribution >= 0.6 is 0 Å². The molecule has 4 aromatic rings. The molecule has 8 heteroatoms. The van der Waals surface area contributed by atoms with Crippen molar-refractivity contribution in [1.29, 1.82) is 0 Å². The van der Waals surface area contributed by atoms with Gasteiger partial charge in [-0.1, -0.05) is 18.2 Å². The number of benzene rings is 2. The fourth-order valence-electron chi connectivity index (χ4n) is 4.86. The predicted octanol–water partition coefficient (Wildman–Crippen LogP) is 3.79. The highest BCUT2D eigenvalue weighted by Gasteiger charge is 2.26. The summed E-state index contributed by atoms with van der Waals surface area (Å²) in [6.45, 7) is 0. The highest BCUT2D eigenvalue weighted by molar-refractivity contribution is 5.95. The molecular weight excluding hydrogens is 430 g/mol. The van der Waals surface area contributed by atoms with Crippen LogP contribution in [0.5, 0.6) is 5.75 Å². The smallest absolute Gasteiger partial charge is 0.272 e. The molecule has 0 aliphatic heterocycles. The minimum Gasteiger partial charge on any atom is -0.496 e. The number of aromatic nitrogens is 4. The van der Waals surface area contributed by atoms with Crippen LogP contribution in [0.1, 0.15) is 47.7 Å². The fraction of sp³-hybridized carbons (Fsp3) is 0.308. The van der Waals surface area contributed by atoms with Gasteiger partial charge in [0.15, 0.2) is 0 Å². The number of carbonyl (C=O) groups excluding carboxylic acids is 1. The largest absolute Gasteiger partial charge is 0.496 e. The van der Waals surface area contributed by atoms with Gasteiger partial charge in [-0.3, -0.25) is 14.3 Å². The van der Waals surface area contributed by atoms with Crippen LogP contribution in [0.3, 0.4) is 0 Å². The number of nitrogens with zero attached hydrogens (tertiary/aromatic N) is 3. The van der Waals surface area contributed by atoms with Crippen molar-refractivity contribution in [1.82, 2.24) is 25.3 Å². The van der Waals surface area contributed by atoms with Crippen LogP contribution in [0.2, 0.25) is 0 Å². The van der Waals surface area contributed by atoms with Crippen LogP contribution in [-0.4, -0.2) is 39.0 Å². The molecular formula is C26H27N5O3. The van der Waals surface area contributed by atoms with Crippen molar-refractivity contribution >= 4 is 16.7 Å². The summed E-state index contributed by atoms with van der Waals surface area (Å²) in [6.07, 6.45) is 7.20. The minimum absolute atomic E-state index is 0.0989. The second-order valence-electron chi connectivity index (χ2n) is 8.82. The van der Waals surface area contributed by atoms with Crippen LogP contribution < -0.4 is 15.6 Å². The lowest BCUT2D eigenvalue weighted by atomic mass is 9.82. The molecule has 1 fully saturated rings. The molecule has 0 unspecified atom stereocenters. The first-order chi connectivity index (χ1) is 16.5. The van der Waals surface area contributed by atoms with Crippen molar-refractivity contribution in [2.45, 2.75) is 37.6 Å². The molecule has 1 saturated carbocycles. The third-order valence-electron chi connectivity index (χ3n) is 6.65. The molecule has 34 heavy (non-hydrogen) atoms. The zero-order valence-corrected chi connectivity index (χ0v) is 19.2. The number of hydrogen-bond donors (Lipinski definition) is 2. The second-order valence-corrected chi connectivity index (χ2v) is 8.82. The van der Waals surface area contributed by atoms with Gasteiger partial charge in [-0.05, 0) is 49.9 Å². The topological polar surface area (TPSA) is 102 Å². The first-order valence-corrected chi connectivity index (χ1v) is 11.5. The molecule has 2 N–H and O–H groups in total. The number of amides is 1. The van der Waals surface area contributed by atoms with E-state index < -0.39 is 0 Å². The van der Waals surface area contributed by atoms with Crippen LogP contribution in [0.4, 0.5) is 0 Å². The molecule has 2 aromatic heterocycles. The quantitative estimate of drug-likeness (QED) is 0.475. The van der Waals surface area contributed by atoms with Crippen LogP contribution in [0, 0.1) is 0 Å². The molecule has 2 heterocycles. The number of fused-ring (bicyclic) bond motifs is 1. The summed E-state index contributed by atoms with van der Waals surface area (Å²) in [7, 11) is 3.47. The van der Waals surface area contributed by atoms with Gasteiger partial charge < -0.3 is 10.1 Å². The van der Waals surface area contributed by atoms with Gasteiger partial charge in [-0.2, -0.15) is 10.2 Å². The highest BCUT2D eigenvalue weighted by Crippen LogP contribution is 2.35. The average molecular weight is 458 g/mol. The Bertz CT molecular complexity index is 1400. The van der Waals surface area contributed by atoms with E-state index in [0.29, 0.717) is 16.7 Å². The van der Waals surface area contributed by atoms with Crippen molar-refractivity contribution in [2.75, 3.05) is 7.11 Å². The predicted molar refractivity (Wildman–Crippen MR) is 130 cm³/mol. The van der Waals surface area contributed by atoms with E-state index >= 15 is 0 Å². The van der Waals surface area contributed by atoms with Crippen molar-refractivity contribution in [2.24, 2.45) is 7.05 Å². The maximum atomic E-state index is 13.0. The number of ether oxygens (including phenoxy) is 1. The second kappa shape index (κ2) is 9.13. The third-order valence-corrected chi connectivity index (χ3v) is 6.65. The van der Waals surface area contributed by atoms with Crippen LogP contribution in [-0.2, 0) is 7.05 Å². The normalized spacial score (nSPS) is 18.1. The molecule has 1 aliphatic rings. The number of nitrogens with one attached hydrogen (secondary N) is 2. The zero-order valence-electron chi connectivity index (χ0n) is 19.2. The van der Waals surface area contributed by atoms with E-state index in [0.717, 1.165) is 47.9 Å². The summed E-state index contributed by atoms with van der Waals surface area (Å²) in [4.78, 5) is 25.1. The van der Waals surface area contributed by atoms with Gasteiger partial charge in [0.25, 0.3) is 11.5 Å². The molecule has 0 atom stereocenters. The average Bonchev–Trinajstić information content (AvgIpc) is 3.30. The molecule has 0 radical (unpaired) electrons. The Morgan fingerprint density at radius 1 is 1.12 bits per heavy atom. The number of carbonyl (C=O) groups is 1. The minimum atomic E-state index is -0.162. The summed E-state index contributed by atoms with van der Waals surface area (Å²) in [5.41, 5.74) is 3.18. The van der Waals surface area contributed by atoms with Crippen molar-refractivity contribution in [3.05, 3.63) is 76.5 Å². The molecule has 1 aliphatic carbocycles. The zero-order chi connectivity index (χ0) is 23.7. The SMILES string of the molecule is COc1cc(C(=O)NC2CCC(c3n[nH]c(=O)c4ccccc34)CC2)ccc1-c1cnn(C)c1. The Labute approximate surface area is 197 Å². The molecule has 0 bridgehead atoms. The summed E-state index contributed by atoms with van der Waals surface area (Å²) < 4.78 is 7.28. The summed E-state index contributed by atoms with van der Waals surface area (Å²) in [5, 5.41) is 16.0. The van der Waals surface area contributed by atoms with Crippen molar-refractivity contribution < 1.29 is 9.53 Å². The standard InChI is InChI=1S/C26H27N5O3/c1-31-15-18(14-27-31)20-12-9-17(13-23(20)34-2)25(32)28-19-10-7-16(8-11-19)24-21-5-3-4-6-22(21)26(33)30-29-24/h3-6,9,12-16,19H,7-8,10-11H2,1-2H3,(H,28,32)(H,30,33). The first-order valence-electron chi connectivity index (χ1n) is 11.5. The van der Waals surface area contributed by atoms with Gasteiger partial charge >= 0.3 is 0 Å². The van der Waals surface area contributed by atoms with E-state index in [1.165, 1.54) is 0 Å². The summed E-state index contributed by atoms with van der Waals surface area (Å²) in [5.74, 6) is 0.793. The summed E-state index contributed by atoms with van der Waals surface area (Å²) >= 11 is 0. The lowest BCUT2D eigenvalue weighted by molar-refractivity contribution is 0.0925. The Balaban J connectivity index is 1.26. The number of hydrogen-bond acceptors (Lipinski definition) is 5. The molecule has 2 aromatic carbocycles. The molecule has 0 saturated heterocycles. The van der Waals surface area contributed by atoms with Gasteiger partial charge in [0.2, 0.25) is 0 Å². The number of aryl methyl sites for hydroxylation is 1. The van der Waals surface area contributed by atoms with E-state index in [2.05, 4.69) is 20.6 Å². The van der Waals surface area contributed by atoms with Crippen molar-refractivity contribution in [3.63, 3.8) is 0 Å². The first kappa shape index (κ1) is 21.9. The van der Waals surface area contributed by atoms with E-state index in [9.17, 15) is 9.59 Å².